The number of alkyl carbamates (subject to hydrolysis) is 1. The summed E-state index contributed by atoms with van der Waals surface area (Å²) >= 11 is 0. The summed E-state index contributed by atoms with van der Waals surface area (Å²) in [5.41, 5.74) is 0. The number of cyclic esters (lactones) is 1. The Morgan fingerprint density at radius 2 is 2.64 bits per heavy atom. The lowest BCUT2D eigenvalue weighted by Crippen LogP contribution is -2.26. The number of amides is 1. The molecule has 1 fully saturated rings. The Kier molecular flexibility index (Phi) is 3.16. The molecule has 2 N–H and O–H groups in total. The van der Waals surface area contributed by atoms with Gasteiger partial charge < -0.3 is 15.4 Å². The van der Waals surface area contributed by atoms with Crippen LogP contribution in [-0.2, 0) is 4.74 Å². The Morgan fingerprint density at radius 1 is 1.82 bits per heavy atom. The minimum Gasteiger partial charge on any atom is -0.447 e. The molecule has 0 aromatic carbocycles. The molecule has 1 aliphatic heterocycles. The predicted molar refractivity (Wildman–Crippen MR) is 41.4 cm³/mol. The van der Waals surface area contributed by atoms with Crippen LogP contribution in [0.4, 0.5) is 4.79 Å². The smallest absolute Gasteiger partial charge is 0.407 e. The molecular formula is C7H14N2O2. The predicted octanol–water partition coefficient (Wildman–Crippen LogP) is 0.0944. The molecule has 1 heterocycles. The summed E-state index contributed by atoms with van der Waals surface area (Å²) in [6.07, 6.45) is 1.79. The van der Waals surface area contributed by atoms with Gasteiger partial charge in [-0.05, 0) is 26.4 Å². The van der Waals surface area contributed by atoms with Crippen LogP contribution in [0.15, 0.2) is 0 Å². The van der Waals surface area contributed by atoms with E-state index >= 15 is 0 Å². The zero-order valence-electron chi connectivity index (χ0n) is 6.72. The summed E-state index contributed by atoms with van der Waals surface area (Å²) in [6, 6.07) is 0.232. The maximum absolute atomic E-state index is 10.5. The van der Waals surface area contributed by atoms with Gasteiger partial charge in [-0.15, -0.1) is 0 Å². The lowest BCUT2D eigenvalue weighted by molar-refractivity contribution is 0.176. The molecule has 1 amide bonds. The molecule has 1 aliphatic rings. The van der Waals surface area contributed by atoms with Gasteiger partial charge in [0.2, 0.25) is 0 Å². The zero-order valence-corrected chi connectivity index (χ0v) is 6.72. The third-order valence-corrected chi connectivity index (χ3v) is 1.72. The van der Waals surface area contributed by atoms with Crippen molar-refractivity contribution in [2.24, 2.45) is 0 Å². The van der Waals surface area contributed by atoms with Gasteiger partial charge in [-0.2, -0.15) is 0 Å². The first-order valence-electron chi connectivity index (χ1n) is 3.91. The average Bonchev–Trinajstić information content (AvgIpc) is 2.37. The van der Waals surface area contributed by atoms with Crippen LogP contribution in [0, 0.1) is 0 Å². The standard InChI is InChI=1S/C7H14N2O2/c1-8-4-2-3-6-5-11-7(10)9-6/h6,8H,2-5H2,1H3,(H,9,10). The third-order valence-electron chi connectivity index (χ3n) is 1.72. The van der Waals surface area contributed by atoms with Crippen LogP contribution in [-0.4, -0.2) is 32.3 Å². The van der Waals surface area contributed by atoms with Crippen molar-refractivity contribution in [2.75, 3.05) is 20.2 Å². The summed E-state index contributed by atoms with van der Waals surface area (Å²) in [4.78, 5) is 10.5. The first-order valence-corrected chi connectivity index (χ1v) is 3.91. The minimum atomic E-state index is -0.278. The SMILES string of the molecule is CNCCCC1COC(=O)N1. The molecule has 0 aliphatic carbocycles. The Morgan fingerprint density at radius 3 is 3.18 bits per heavy atom. The number of hydrogen-bond acceptors (Lipinski definition) is 3. The molecule has 0 saturated carbocycles. The quantitative estimate of drug-likeness (QED) is 0.570. The van der Waals surface area contributed by atoms with E-state index in [0.29, 0.717) is 6.61 Å². The second-order valence-electron chi connectivity index (χ2n) is 2.69. The topological polar surface area (TPSA) is 50.4 Å². The second-order valence-corrected chi connectivity index (χ2v) is 2.69. The fraction of sp³-hybridized carbons (Fsp3) is 0.857. The summed E-state index contributed by atoms with van der Waals surface area (Å²) < 4.78 is 4.73. The first kappa shape index (κ1) is 8.33. The van der Waals surface area contributed by atoms with Crippen LogP contribution < -0.4 is 10.6 Å². The fourth-order valence-corrected chi connectivity index (χ4v) is 1.11. The summed E-state index contributed by atoms with van der Waals surface area (Å²) in [5.74, 6) is 0. The van der Waals surface area contributed by atoms with E-state index in [9.17, 15) is 4.79 Å². The largest absolute Gasteiger partial charge is 0.447 e. The van der Waals surface area contributed by atoms with Crippen LogP contribution in [0.5, 0.6) is 0 Å². The van der Waals surface area contributed by atoms with Gasteiger partial charge in [-0.3, -0.25) is 0 Å². The Labute approximate surface area is 66.3 Å². The van der Waals surface area contributed by atoms with Crippen LogP contribution in [0.1, 0.15) is 12.8 Å². The monoisotopic (exact) mass is 158 g/mol. The van der Waals surface area contributed by atoms with Gasteiger partial charge in [-0.1, -0.05) is 0 Å². The van der Waals surface area contributed by atoms with Crippen LogP contribution in [0.3, 0.4) is 0 Å². The van der Waals surface area contributed by atoms with Crippen molar-refractivity contribution in [1.29, 1.82) is 0 Å². The molecule has 0 spiro atoms. The molecule has 0 bridgehead atoms. The highest BCUT2D eigenvalue weighted by Gasteiger charge is 2.20. The molecule has 1 saturated heterocycles. The molecule has 1 unspecified atom stereocenters. The summed E-state index contributed by atoms with van der Waals surface area (Å²) in [5, 5.41) is 5.77. The summed E-state index contributed by atoms with van der Waals surface area (Å²) in [6.45, 7) is 1.52. The van der Waals surface area contributed by atoms with E-state index in [4.69, 9.17) is 4.74 Å². The highest BCUT2D eigenvalue weighted by Crippen LogP contribution is 2.03. The second kappa shape index (κ2) is 4.18. The number of ether oxygens (including phenoxy) is 1. The van der Waals surface area contributed by atoms with Crippen molar-refractivity contribution < 1.29 is 9.53 Å². The highest BCUT2D eigenvalue weighted by molar-refractivity contribution is 5.69. The fourth-order valence-electron chi connectivity index (χ4n) is 1.11. The molecule has 0 radical (unpaired) electrons. The summed E-state index contributed by atoms with van der Waals surface area (Å²) in [7, 11) is 1.92. The number of rotatable bonds is 4. The molecule has 11 heavy (non-hydrogen) atoms. The van der Waals surface area contributed by atoms with Crippen molar-refractivity contribution >= 4 is 6.09 Å². The molecule has 0 aromatic rings. The lowest BCUT2D eigenvalue weighted by atomic mass is 10.2. The van der Waals surface area contributed by atoms with Crippen molar-refractivity contribution in [2.45, 2.75) is 18.9 Å². The van der Waals surface area contributed by atoms with Gasteiger partial charge in [-0.25, -0.2) is 4.79 Å². The number of hydrogen-bond donors (Lipinski definition) is 2. The molecule has 4 heteroatoms. The molecular weight excluding hydrogens is 144 g/mol. The van der Waals surface area contributed by atoms with E-state index in [0.717, 1.165) is 19.4 Å². The average molecular weight is 158 g/mol. The van der Waals surface area contributed by atoms with Gasteiger partial charge in [0, 0.05) is 0 Å². The van der Waals surface area contributed by atoms with E-state index < -0.39 is 0 Å². The normalized spacial score (nSPS) is 23.0. The van der Waals surface area contributed by atoms with Crippen molar-refractivity contribution in [3.05, 3.63) is 0 Å². The van der Waals surface area contributed by atoms with Crippen molar-refractivity contribution in [1.82, 2.24) is 10.6 Å². The third kappa shape index (κ3) is 2.76. The van der Waals surface area contributed by atoms with Crippen LogP contribution >= 0.6 is 0 Å². The number of nitrogens with one attached hydrogen (secondary N) is 2. The van der Waals surface area contributed by atoms with E-state index in [1.54, 1.807) is 0 Å². The van der Waals surface area contributed by atoms with E-state index in [-0.39, 0.29) is 12.1 Å². The number of carbonyl (C=O) groups is 1. The first-order chi connectivity index (χ1) is 5.33. The maximum atomic E-state index is 10.5. The van der Waals surface area contributed by atoms with Crippen molar-refractivity contribution in [3.63, 3.8) is 0 Å². The van der Waals surface area contributed by atoms with Gasteiger partial charge >= 0.3 is 6.09 Å². The minimum absolute atomic E-state index is 0.232. The number of carbonyl (C=O) groups excluding carboxylic acids is 1. The molecule has 64 valence electrons. The van der Waals surface area contributed by atoms with Gasteiger partial charge in [0.15, 0.2) is 0 Å². The van der Waals surface area contributed by atoms with E-state index in [1.165, 1.54) is 0 Å². The Hall–Kier alpha value is -0.770. The Balaban J connectivity index is 2.04. The zero-order chi connectivity index (χ0) is 8.10. The van der Waals surface area contributed by atoms with Gasteiger partial charge in [0.25, 0.3) is 0 Å². The lowest BCUT2D eigenvalue weighted by Gasteiger charge is -2.05. The van der Waals surface area contributed by atoms with Gasteiger partial charge in [0.05, 0.1) is 6.04 Å². The maximum Gasteiger partial charge on any atom is 0.407 e. The molecule has 4 nitrogen and oxygen atoms in total. The van der Waals surface area contributed by atoms with Gasteiger partial charge in [0.1, 0.15) is 6.61 Å². The molecule has 1 atom stereocenters. The highest BCUT2D eigenvalue weighted by atomic mass is 16.6. The van der Waals surface area contributed by atoms with E-state index in [1.807, 2.05) is 7.05 Å². The molecule has 0 aromatic heterocycles. The molecule has 1 rings (SSSR count). The van der Waals surface area contributed by atoms with Crippen molar-refractivity contribution in [3.8, 4) is 0 Å². The Bertz CT molecular complexity index is 138. The van der Waals surface area contributed by atoms with Crippen LogP contribution in [0.25, 0.3) is 0 Å². The van der Waals surface area contributed by atoms with Crippen LogP contribution in [0.2, 0.25) is 0 Å². The van der Waals surface area contributed by atoms with E-state index in [2.05, 4.69) is 10.6 Å².